The maximum absolute atomic E-state index is 12.8. The Kier molecular flexibility index (Phi) is 1.29. The highest BCUT2D eigenvalue weighted by molar-refractivity contribution is 6.39. The summed E-state index contributed by atoms with van der Waals surface area (Å²) in [5, 5.41) is 9.89. The molecule has 0 aromatic heterocycles. The zero-order chi connectivity index (χ0) is 14.2. The van der Waals surface area contributed by atoms with Crippen molar-refractivity contribution in [3.63, 3.8) is 0 Å². The molecule has 0 unspecified atom stereocenters. The molecule has 7 rings (SSSR count). The third-order valence-electron chi connectivity index (χ3n) is 5.96. The lowest BCUT2D eigenvalue weighted by atomic mass is 9.95. The highest BCUT2D eigenvalue weighted by Crippen LogP contribution is 2.51. The zero-order valence-electron chi connectivity index (χ0n) is 11.8. The van der Waals surface area contributed by atoms with Crippen molar-refractivity contribution >= 4 is 43.1 Å². The van der Waals surface area contributed by atoms with Crippen molar-refractivity contribution in [2.45, 2.75) is 12.8 Å². The Morgan fingerprint density at radius 2 is 0.864 bits per heavy atom. The fraction of sp³-hybridized carbons (Fsp3) is 0.0952. The Labute approximate surface area is 125 Å². The van der Waals surface area contributed by atoms with Gasteiger partial charge in [0.25, 0.3) is 0 Å². The second-order valence-electron chi connectivity index (χ2n) is 6.86. The molecule has 0 fully saturated rings. The summed E-state index contributed by atoms with van der Waals surface area (Å²) in [6.07, 6.45) is 2.02. The van der Waals surface area contributed by atoms with Crippen LogP contribution in [0.3, 0.4) is 0 Å². The van der Waals surface area contributed by atoms with Crippen LogP contribution in [-0.4, -0.2) is 0 Å². The quantitative estimate of drug-likeness (QED) is 0.377. The van der Waals surface area contributed by atoms with Gasteiger partial charge in [-0.25, -0.2) is 0 Å². The number of hydrogen-bond acceptors (Lipinski definition) is 1. The Balaban J connectivity index is 2.10. The van der Waals surface area contributed by atoms with E-state index in [0.29, 0.717) is 0 Å². The largest absolute Gasteiger partial charge is 0.289 e. The molecule has 0 aliphatic heterocycles. The van der Waals surface area contributed by atoms with E-state index in [9.17, 15) is 4.79 Å². The maximum atomic E-state index is 12.8. The molecule has 0 spiro atoms. The summed E-state index contributed by atoms with van der Waals surface area (Å²) >= 11 is 0. The van der Waals surface area contributed by atoms with Crippen LogP contribution in [0, 0.1) is 0 Å². The van der Waals surface area contributed by atoms with Crippen molar-refractivity contribution < 1.29 is 0 Å². The van der Waals surface area contributed by atoms with Crippen LogP contribution < -0.4 is 5.43 Å². The van der Waals surface area contributed by atoms with E-state index in [-0.39, 0.29) is 5.43 Å². The Morgan fingerprint density at radius 3 is 1.32 bits per heavy atom. The van der Waals surface area contributed by atoms with Crippen molar-refractivity contribution in [2.75, 3.05) is 0 Å². The molecule has 0 bridgehead atoms. The smallest absolute Gasteiger partial charge is 0.194 e. The first-order chi connectivity index (χ1) is 10.8. The molecule has 1 nitrogen and oxygen atoms in total. The summed E-state index contributed by atoms with van der Waals surface area (Å²) < 4.78 is 0. The van der Waals surface area contributed by atoms with Crippen LogP contribution in [0.25, 0.3) is 43.1 Å². The predicted octanol–water partition coefficient (Wildman–Crippen LogP) is 4.34. The van der Waals surface area contributed by atoms with Crippen molar-refractivity contribution in [1.29, 1.82) is 0 Å². The number of rotatable bonds is 0. The summed E-state index contributed by atoms with van der Waals surface area (Å²) in [7, 11) is 0. The molecule has 5 aromatic rings. The topological polar surface area (TPSA) is 17.1 Å². The van der Waals surface area contributed by atoms with Gasteiger partial charge in [-0.05, 0) is 56.6 Å². The summed E-state index contributed by atoms with van der Waals surface area (Å²) in [5.41, 5.74) is 5.87. The highest BCUT2D eigenvalue weighted by atomic mass is 16.1. The van der Waals surface area contributed by atoms with Crippen LogP contribution >= 0.6 is 0 Å². The van der Waals surface area contributed by atoms with E-state index < -0.39 is 0 Å². The third kappa shape index (κ3) is 0.793. The van der Waals surface area contributed by atoms with Crippen LogP contribution in [0.4, 0.5) is 0 Å². The van der Waals surface area contributed by atoms with Crippen molar-refractivity contribution in [3.8, 4) is 0 Å². The molecule has 22 heavy (non-hydrogen) atoms. The van der Waals surface area contributed by atoms with Crippen LogP contribution in [0.2, 0.25) is 0 Å². The molecule has 0 radical (unpaired) electrons. The normalized spacial score (nSPS) is 15.1. The van der Waals surface area contributed by atoms with Gasteiger partial charge in [0.1, 0.15) is 0 Å². The molecule has 100 valence electrons. The third-order valence-corrected chi connectivity index (χ3v) is 5.96. The average molecular weight is 278 g/mol. The zero-order valence-corrected chi connectivity index (χ0v) is 11.8. The molecular formula is C21H10O. The standard InChI is InChI=1S/C21H10O/c22-21-13-5-3-11-7-9-1-2-10-8-12-4-6-14(21)20-18(12)16(10)15(9)17(11)19(13)20/h1-6H,7-8H2. The second-order valence-corrected chi connectivity index (χ2v) is 6.86. The van der Waals surface area contributed by atoms with E-state index in [4.69, 9.17) is 0 Å². The van der Waals surface area contributed by atoms with Crippen LogP contribution in [0.15, 0.2) is 41.2 Å². The molecule has 5 aromatic carbocycles. The van der Waals surface area contributed by atoms with E-state index in [1.54, 1.807) is 0 Å². The Morgan fingerprint density at radius 1 is 0.500 bits per heavy atom. The van der Waals surface area contributed by atoms with Crippen molar-refractivity contribution in [1.82, 2.24) is 0 Å². The summed E-state index contributed by atoms with van der Waals surface area (Å²) in [6, 6.07) is 13.0. The molecular weight excluding hydrogens is 268 g/mol. The monoisotopic (exact) mass is 278 g/mol. The van der Waals surface area contributed by atoms with E-state index in [0.717, 1.165) is 23.6 Å². The lowest BCUT2D eigenvalue weighted by Crippen LogP contribution is -1.93. The van der Waals surface area contributed by atoms with Gasteiger partial charge in [0, 0.05) is 21.5 Å². The number of benzene rings is 4. The summed E-state index contributed by atoms with van der Waals surface area (Å²) in [6.45, 7) is 0. The lowest BCUT2D eigenvalue weighted by Gasteiger charge is -2.08. The minimum atomic E-state index is 0.213. The van der Waals surface area contributed by atoms with Gasteiger partial charge < -0.3 is 0 Å². The maximum Gasteiger partial charge on any atom is 0.194 e. The molecule has 0 heterocycles. The molecule has 2 aliphatic rings. The van der Waals surface area contributed by atoms with Gasteiger partial charge in [-0.2, -0.15) is 0 Å². The molecule has 0 saturated carbocycles. The van der Waals surface area contributed by atoms with Gasteiger partial charge >= 0.3 is 0 Å². The lowest BCUT2D eigenvalue weighted by molar-refractivity contribution is 1.24. The molecule has 2 aliphatic carbocycles. The van der Waals surface area contributed by atoms with Crippen molar-refractivity contribution in [2.24, 2.45) is 0 Å². The van der Waals surface area contributed by atoms with Gasteiger partial charge in [0.05, 0.1) is 0 Å². The van der Waals surface area contributed by atoms with E-state index in [2.05, 4.69) is 36.4 Å². The van der Waals surface area contributed by atoms with E-state index in [1.165, 1.54) is 54.6 Å². The van der Waals surface area contributed by atoms with Gasteiger partial charge in [-0.1, -0.05) is 36.4 Å². The van der Waals surface area contributed by atoms with E-state index >= 15 is 0 Å². The predicted molar refractivity (Wildman–Crippen MR) is 90.7 cm³/mol. The molecule has 0 saturated heterocycles. The van der Waals surface area contributed by atoms with Gasteiger partial charge in [0.15, 0.2) is 5.43 Å². The molecule has 0 N–H and O–H groups in total. The van der Waals surface area contributed by atoms with Crippen LogP contribution in [-0.2, 0) is 12.8 Å². The first kappa shape index (κ1) is 10.1. The average Bonchev–Trinajstić information content (AvgIpc) is 3.16. The summed E-state index contributed by atoms with van der Waals surface area (Å²) in [5.74, 6) is 0. The molecule has 0 atom stereocenters. The minimum absolute atomic E-state index is 0.213. The van der Waals surface area contributed by atoms with E-state index in [1.807, 2.05) is 0 Å². The second kappa shape index (κ2) is 2.80. The fourth-order valence-electron chi connectivity index (χ4n) is 5.17. The van der Waals surface area contributed by atoms with Crippen LogP contribution in [0.5, 0.6) is 0 Å². The summed E-state index contributed by atoms with van der Waals surface area (Å²) in [4.78, 5) is 12.8. The van der Waals surface area contributed by atoms with Gasteiger partial charge in [-0.15, -0.1) is 0 Å². The Bertz CT molecular complexity index is 1270. The van der Waals surface area contributed by atoms with Crippen LogP contribution in [0.1, 0.15) is 22.3 Å². The molecule has 1 heteroatoms. The SMILES string of the molecule is O=c1c2ccc3c4c5c(ccc6c5c5c(ccc1c5c24)C6)C3. The fourth-order valence-corrected chi connectivity index (χ4v) is 5.17. The number of hydrogen-bond donors (Lipinski definition) is 0. The Hall–Kier alpha value is -2.67. The highest BCUT2D eigenvalue weighted by Gasteiger charge is 2.29. The van der Waals surface area contributed by atoms with Crippen molar-refractivity contribution in [3.05, 3.63) is 68.9 Å². The minimum Gasteiger partial charge on any atom is -0.289 e. The first-order valence-electron chi connectivity index (χ1n) is 7.85. The van der Waals surface area contributed by atoms with Gasteiger partial charge in [0.2, 0.25) is 0 Å². The van der Waals surface area contributed by atoms with Gasteiger partial charge in [-0.3, -0.25) is 4.79 Å². The first-order valence-corrected chi connectivity index (χ1v) is 7.85. The molecule has 0 amide bonds.